The zero-order valence-electron chi connectivity index (χ0n) is 13.2. The number of nitrogens with zero attached hydrogens (tertiary/aromatic N) is 2. The third kappa shape index (κ3) is 3.59. The lowest BCUT2D eigenvalue weighted by atomic mass is 10.1. The highest BCUT2D eigenvalue weighted by atomic mass is 32.2. The van der Waals surface area contributed by atoms with Crippen molar-refractivity contribution < 1.29 is 8.42 Å². The molecule has 0 radical (unpaired) electrons. The molecule has 0 aliphatic heterocycles. The van der Waals surface area contributed by atoms with E-state index in [0.717, 1.165) is 5.56 Å². The summed E-state index contributed by atoms with van der Waals surface area (Å²) in [6, 6.07) is 6.76. The Kier molecular flexibility index (Phi) is 4.18. The van der Waals surface area contributed by atoms with Crippen molar-refractivity contribution >= 4 is 9.84 Å². The third-order valence-corrected chi connectivity index (χ3v) is 5.89. The SMILES string of the molecule is CC(C)S(=O)(=O)c1ccc(-c2cncc(C#CC3CC3)n2)cc1. The molecule has 0 N–H and O–H groups in total. The van der Waals surface area contributed by atoms with Gasteiger partial charge in [0.2, 0.25) is 0 Å². The van der Waals surface area contributed by atoms with Gasteiger partial charge in [-0.2, -0.15) is 0 Å². The van der Waals surface area contributed by atoms with Crippen LogP contribution in [-0.4, -0.2) is 23.6 Å². The van der Waals surface area contributed by atoms with Gasteiger partial charge in [-0.3, -0.25) is 4.98 Å². The summed E-state index contributed by atoms with van der Waals surface area (Å²) >= 11 is 0. The zero-order chi connectivity index (χ0) is 16.4. The van der Waals surface area contributed by atoms with Gasteiger partial charge in [0.15, 0.2) is 9.84 Å². The molecule has 0 unspecified atom stereocenters. The van der Waals surface area contributed by atoms with E-state index >= 15 is 0 Å². The number of aromatic nitrogens is 2. The molecule has 1 aromatic carbocycles. The molecule has 0 spiro atoms. The number of hydrogen-bond acceptors (Lipinski definition) is 4. The molecule has 1 aromatic heterocycles. The normalized spacial score (nSPS) is 14.4. The van der Waals surface area contributed by atoms with Crippen LogP contribution in [0.2, 0.25) is 0 Å². The van der Waals surface area contributed by atoms with Gasteiger partial charge in [-0.05, 0) is 44.7 Å². The fourth-order valence-corrected chi connectivity index (χ4v) is 3.12. The molecular formula is C18H18N2O2S. The smallest absolute Gasteiger partial charge is 0.180 e. The first-order valence-corrected chi connectivity index (χ1v) is 9.19. The maximum absolute atomic E-state index is 12.1. The first kappa shape index (κ1) is 15.7. The van der Waals surface area contributed by atoms with E-state index in [2.05, 4.69) is 21.8 Å². The van der Waals surface area contributed by atoms with Crippen molar-refractivity contribution in [1.82, 2.24) is 9.97 Å². The van der Waals surface area contributed by atoms with Gasteiger partial charge >= 0.3 is 0 Å². The molecule has 23 heavy (non-hydrogen) atoms. The molecule has 1 heterocycles. The van der Waals surface area contributed by atoms with Gasteiger partial charge < -0.3 is 0 Å². The lowest BCUT2D eigenvalue weighted by Gasteiger charge is -2.08. The van der Waals surface area contributed by atoms with Gasteiger partial charge in [-0.1, -0.05) is 18.1 Å². The van der Waals surface area contributed by atoms with Gasteiger partial charge in [0.05, 0.1) is 28.2 Å². The van der Waals surface area contributed by atoms with Gasteiger partial charge in [0.25, 0.3) is 0 Å². The summed E-state index contributed by atoms with van der Waals surface area (Å²) in [5.41, 5.74) is 2.17. The molecule has 1 fully saturated rings. The van der Waals surface area contributed by atoms with Gasteiger partial charge in [0.1, 0.15) is 5.69 Å². The predicted octanol–water partition coefficient (Wildman–Crippen LogP) is 3.09. The minimum Gasteiger partial charge on any atom is -0.259 e. The van der Waals surface area contributed by atoms with Crippen LogP contribution in [0.5, 0.6) is 0 Å². The van der Waals surface area contributed by atoms with Gasteiger partial charge in [0, 0.05) is 11.5 Å². The van der Waals surface area contributed by atoms with E-state index in [9.17, 15) is 8.42 Å². The Morgan fingerprint density at radius 1 is 1.13 bits per heavy atom. The monoisotopic (exact) mass is 326 g/mol. The maximum atomic E-state index is 12.1. The minimum absolute atomic E-state index is 0.328. The molecule has 1 saturated carbocycles. The van der Waals surface area contributed by atoms with Crippen molar-refractivity contribution in [2.75, 3.05) is 0 Å². The van der Waals surface area contributed by atoms with E-state index < -0.39 is 15.1 Å². The van der Waals surface area contributed by atoms with E-state index in [4.69, 9.17) is 0 Å². The second-order valence-electron chi connectivity index (χ2n) is 5.95. The highest BCUT2D eigenvalue weighted by Crippen LogP contribution is 2.27. The molecule has 4 nitrogen and oxygen atoms in total. The molecule has 0 saturated heterocycles. The zero-order valence-corrected chi connectivity index (χ0v) is 14.0. The van der Waals surface area contributed by atoms with Crippen LogP contribution in [0.1, 0.15) is 32.4 Å². The first-order valence-electron chi connectivity index (χ1n) is 7.65. The summed E-state index contributed by atoms with van der Waals surface area (Å²) in [6.07, 6.45) is 5.66. The van der Waals surface area contributed by atoms with Crippen LogP contribution in [0.3, 0.4) is 0 Å². The van der Waals surface area contributed by atoms with E-state index in [1.54, 1.807) is 50.5 Å². The van der Waals surface area contributed by atoms with E-state index in [-0.39, 0.29) is 0 Å². The second-order valence-corrected chi connectivity index (χ2v) is 8.46. The van der Waals surface area contributed by atoms with Gasteiger partial charge in [-0.15, -0.1) is 0 Å². The van der Waals surface area contributed by atoms with Crippen LogP contribution in [-0.2, 0) is 9.84 Å². The van der Waals surface area contributed by atoms with Crippen LogP contribution in [0.25, 0.3) is 11.3 Å². The molecule has 0 atom stereocenters. The Morgan fingerprint density at radius 3 is 2.43 bits per heavy atom. The number of sulfone groups is 1. The van der Waals surface area contributed by atoms with Crippen molar-refractivity contribution in [2.45, 2.75) is 36.8 Å². The molecule has 0 bridgehead atoms. The van der Waals surface area contributed by atoms with E-state index in [1.165, 1.54) is 12.8 Å². The average molecular weight is 326 g/mol. The summed E-state index contributed by atoms with van der Waals surface area (Å²) in [5.74, 6) is 6.72. The molecule has 118 valence electrons. The minimum atomic E-state index is -3.25. The highest BCUT2D eigenvalue weighted by molar-refractivity contribution is 7.92. The first-order chi connectivity index (χ1) is 11.0. The lowest BCUT2D eigenvalue weighted by molar-refractivity contribution is 0.587. The maximum Gasteiger partial charge on any atom is 0.180 e. The van der Waals surface area contributed by atoms with Crippen molar-refractivity contribution in [3.05, 3.63) is 42.4 Å². The summed E-state index contributed by atoms with van der Waals surface area (Å²) in [5, 5.41) is -0.436. The Bertz CT molecular complexity index is 871. The summed E-state index contributed by atoms with van der Waals surface area (Å²) in [4.78, 5) is 8.99. The second kappa shape index (κ2) is 6.13. The Morgan fingerprint density at radius 2 is 1.83 bits per heavy atom. The molecule has 0 amide bonds. The molecule has 5 heteroatoms. The number of hydrogen-bond donors (Lipinski definition) is 0. The molecule has 1 aliphatic rings. The Balaban J connectivity index is 1.88. The van der Waals surface area contributed by atoms with Crippen LogP contribution < -0.4 is 0 Å². The van der Waals surface area contributed by atoms with Crippen molar-refractivity contribution in [1.29, 1.82) is 0 Å². The van der Waals surface area contributed by atoms with Crippen LogP contribution >= 0.6 is 0 Å². The third-order valence-electron chi connectivity index (χ3n) is 3.72. The largest absolute Gasteiger partial charge is 0.259 e. The van der Waals surface area contributed by atoms with E-state index in [0.29, 0.717) is 22.2 Å². The fourth-order valence-electron chi connectivity index (χ4n) is 2.06. The molecule has 2 aromatic rings. The van der Waals surface area contributed by atoms with E-state index in [1.807, 2.05) is 0 Å². The summed E-state index contributed by atoms with van der Waals surface area (Å²) in [6.45, 7) is 3.35. The van der Waals surface area contributed by atoms with Crippen molar-refractivity contribution in [3.63, 3.8) is 0 Å². The number of benzene rings is 1. The number of rotatable bonds is 3. The quantitative estimate of drug-likeness (QED) is 0.813. The topological polar surface area (TPSA) is 59.9 Å². The summed E-state index contributed by atoms with van der Waals surface area (Å²) < 4.78 is 24.3. The standard InChI is InChI=1S/C18H18N2O2S/c1-13(2)23(21,22)17-9-6-15(7-10-17)18-12-19-11-16(20-18)8-5-14-3-4-14/h6-7,9-14H,3-4H2,1-2H3. The Hall–Kier alpha value is -2.19. The van der Waals surface area contributed by atoms with Gasteiger partial charge in [-0.25, -0.2) is 13.4 Å². The lowest BCUT2D eigenvalue weighted by Crippen LogP contribution is -2.13. The highest BCUT2D eigenvalue weighted by Gasteiger charge is 2.19. The van der Waals surface area contributed by atoms with Crippen LogP contribution in [0, 0.1) is 17.8 Å². The Labute approximate surface area is 136 Å². The average Bonchev–Trinajstić information content (AvgIpc) is 3.37. The summed E-state index contributed by atoms with van der Waals surface area (Å²) in [7, 11) is -3.25. The molecule has 3 rings (SSSR count). The van der Waals surface area contributed by atoms with Crippen LogP contribution in [0.15, 0.2) is 41.6 Å². The molecular weight excluding hydrogens is 308 g/mol. The van der Waals surface area contributed by atoms with Crippen LogP contribution in [0.4, 0.5) is 0 Å². The predicted molar refractivity (Wildman–Crippen MR) is 89.4 cm³/mol. The van der Waals surface area contributed by atoms with Crippen molar-refractivity contribution in [2.24, 2.45) is 5.92 Å². The fraction of sp³-hybridized carbons (Fsp3) is 0.333. The van der Waals surface area contributed by atoms with Crippen molar-refractivity contribution in [3.8, 4) is 23.1 Å². The molecule has 1 aliphatic carbocycles.